The van der Waals surface area contributed by atoms with Gasteiger partial charge in [0.15, 0.2) is 0 Å². The number of anilines is 2. The van der Waals surface area contributed by atoms with Gasteiger partial charge in [-0.15, -0.1) is 11.3 Å². The Morgan fingerprint density at radius 3 is 2.90 bits per heavy atom. The van der Waals surface area contributed by atoms with E-state index in [-0.39, 0.29) is 5.91 Å². The first-order valence-corrected chi connectivity index (χ1v) is 7.51. The predicted octanol–water partition coefficient (Wildman–Crippen LogP) is 2.33. The van der Waals surface area contributed by atoms with Crippen LogP contribution >= 0.6 is 11.3 Å². The summed E-state index contributed by atoms with van der Waals surface area (Å²) < 4.78 is 0. The van der Waals surface area contributed by atoms with Crippen molar-refractivity contribution in [2.24, 2.45) is 0 Å². The molecular formula is C15H17N3OS. The van der Waals surface area contributed by atoms with E-state index in [4.69, 9.17) is 5.73 Å². The molecule has 0 unspecified atom stereocenters. The SMILES string of the molecule is Nc1ccc(NC(=O)CN2CCc3sccc3C2)cc1. The number of hydrogen-bond donors (Lipinski definition) is 2. The Kier molecular flexibility index (Phi) is 3.71. The van der Waals surface area contributed by atoms with Crippen LogP contribution < -0.4 is 11.1 Å². The highest BCUT2D eigenvalue weighted by molar-refractivity contribution is 7.10. The number of benzene rings is 1. The third-order valence-corrected chi connectivity index (χ3v) is 4.47. The maximum atomic E-state index is 12.0. The average Bonchev–Trinajstić information content (AvgIpc) is 2.89. The molecule has 0 radical (unpaired) electrons. The summed E-state index contributed by atoms with van der Waals surface area (Å²) >= 11 is 1.81. The molecule has 3 rings (SSSR count). The van der Waals surface area contributed by atoms with E-state index in [0.717, 1.165) is 25.2 Å². The Labute approximate surface area is 122 Å². The number of thiophene rings is 1. The molecule has 0 saturated heterocycles. The maximum absolute atomic E-state index is 12.0. The quantitative estimate of drug-likeness (QED) is 0.852. The van der Waals surface area contributed by atoms with Crippen molar-refractivity contribution in [3.05, 3.63) is 46.2 Å². The lowest BCUT2D eigenvalue weighted by atomic mass is 10.1. The first kappa shape index (κ1) is 13.1. The van der Waals surface area contributed by atoms with Crippen molar-refractivity contribution in [2.45, 2.75) is 13.0 Å². The minimum Gasteiger partial charge on any atom is -0.399 e. The summed E-state index contributed by atoms with van der Waals surface area (Å²) in [6, 6.07) is 9.37. The van der Waals surface area contributed by atoms with Crippen LogP contribution in [0.15, 0.2) is 35.7 Å². The van der Waals surface area contributed by atoms with Crippen molar-refractivity contribution in [1.29, 1.82) is 0 Å². The summed E-state index contributed by atoms with van der Waals surface area (Å²) in [5.74, 6) is 0.0217. The lowest BCUT2D eigenvalue weighted by Gasteiger charge is -2.26. The number of nitrogen functional groups attached to an aromatic ring is 1. The van der Waals surface area contributed by atoms with Crippen molar-refractivity contribution in [3.8, 4) is 0 Å². The number of carbonyl (C=O) groups excluding carboxylic acids is 1. The molecule has 2 heterocycles. The lowest BCUT2D eigenvalue weighted by Crippen LogP contribution is -2.36. The molecule has 0 spiro atoms. The highest BCUT2D eigenvalue weighted by Crippen LogP contribution is 2.23. The molecule has 5 heteroatoms. The van der Waals surface area contributed by atoms with Crippen LogP contribution in [-0.2, 0) is 17.8 Å². The number of nitrogens with one attached hydrogen (secondary N) is 1. The predicted molar refractivity (Wildman–Crippen MR) is 82.8 cm³/mol. The van der Waals surface area contributed by atoms with E-state index in [1.807, 2.05) is 23.5 Å². The van der Waals surface area contributed by atoms with E-state index in [1.54, 1.807) is 12.1 Å². The fourth-order valence-electron chi connectivity index (χ4n) is 2.41. The largest absolute Gasteiger partial charge is 0.399 e. The van der Waals surface area contributed by atoms with Gasteiger partial charge in [-0.05, 0) is 47.7 Å². The zero-order chi connectivity index (χ0) is 13.9. The normalized spacial score (nSPS) is 14.8. The van der Waals surface area contributed by atoms with Gasteiger partial charge in [0.25, 0.3) is 0 Å². The Balaban J connectivity index is 1.56. The van der Waals surface area contributed by atoms with Crippen LogP contribution in [0.1, 0.15) is 10.4 Å². The lowest BCUT2D eigenvalue weighted by molar-refractivity contribution is -0.117. The van der Waals surface area contributed by atoms with Crippen LogP contribution in [0, 0.1) is 0 Å². The van der Waals surface area contributed by atoms with Gasteiger partial charge < -0.3 is 11.1 Å². The summed E-state index contributed by atoms with van der Waals surface area (Å²) in [5.41, 5.74) is 8.47. The molecule has 0 fully saturated rings. The first-order valence-electron chi connectivity index (χ1n) is 6.64. The summed E-state index contributed by atoms with van der Waals surface area (Å²) in [7, 11) is 0. The highest BCUT2D eigenvalue weighted by Gasteiger charge is 2.19. The van der Waals surface area contributed by atoms with Gasteiger partial charge in [0, 0.05) is 29.3 Å². The van der Waals surface area contributed by atoms with Crippen LogP contribution in [0.25, 0.3) is 0 Å². The van der Waals surface area contributed by atoms with E-state index in [1.165, 1.54) is 10.4 Å². The van der Waals surface area contributed by atoms with Crippen LogP contribution in [-0.4, -0.2) is 23.9 Å². The fraction of sp³-hybridized carbons (Fsp3) is 0.267. The molecule has 0 bridgehead atoms. The number of amides is 1. The molecule has 1 aromatic heterocycles. The molecule has 1 aliphatic heterocycles. The van der Waals surface area contributed by atoms with E-state index in [2.05, 4.69) is 21.7 Å². The second-order valence-electron chi connectivity index (χ2n) is 5.00. The molecule has 20 heavy (non-hydrogen) atoms. The Morgan fingerprint density at radius 1 is 1.30 bits per heavy atom. The van der Waals surface area contributed by atoms with Crippen molar-refractivity contribution in [2.75, 3.05) is 24.1 Å². The van der Waals surface area contributed by atoms with Crippen molar-refractivity contribution in [3.63, 3.8) is 0 Å². The fourth-order valence-corrected chi connectivity index (χ4v) is 3.30. The number of fused-ring (bicyclic) bond motifs is 1. The van der Waals surface area contributed by atoms with Gasteiger partial charge in [-0.2, -0.15) is 0 Å². The van der Waals surface area contributed by atoms with Crippen LogP contribution in [0.3, 0.4) is 0 Å². The van der Waals surface area contributed by atoms with Gasteiger partial charge in [-0.3, -0.25) is 9.69 Å². The number of nitrogens with zero attached hydrogens (tertiary/aromatic N) is 1. The Morgan fingerprint density at radius 2 is 2.10 bits per heavy atom. The van der Waals surface area contributed by atoms with Gasteiger partial charge >= 0.3 is 0 Å². The highest BCUT2D eigenvalue weighted by atomic mass is 32.1. The van der Waals surface area contributed by atoms with Gasteiger partial charge in [0.2, 0.25) is 5.91 Å². The summed E-state index contributed by atoms with van der Waals surface area (Å²) in [5, 5.41) is 5.03. The van der Waals surface area contributed by atoms with Crippen LogP contribution in [0.2, 0.25) is 0 Å². The number of nitrogens with two attached hydrogens (primary N) is 1. The number of carbonyl (C=O) groups is 1. The standard InChI is InChI=1S/C15H17N3OS/c16-12-1-3-13(4-2-12)17-15(19)10-18-7-5-14-11(9-18)6-8-20-14/h1-4,6,8H,5,7,9-10,16H2,(H,17,19). The monoisotopic (exact) mass is 287 g/mol. The van der Waals surface area contributed by atoms with Gasteiger partial charge in [0.1, 0.15) is 0 Å². The molecular weight excluding hydrogens is 270 g/mol. The summed E-state index contributed by atoms with van der Waals surface area (Å²) in [6.07, 6.45) is 1.04. The molecule has 1 aromatic carbocycles. The maximum Gasteiger partial charge on any atom is 0.238 e. The van der Waals surface area contributed by atoms with E-state index < -0.39 is 0 Å². The second-order valence-corrected chi connectivity index (χ2v) is 6.00. The van der Waals surface area contributed by atoms with E-state index >= 15 is 0 Å². The first-order chi connectivity index (χ1) is 9.70. The average molecular weight is 287 g/mol. The van der Waals surface area contributed by atoms with Crippen LogP contribution in [0.4, 0.5) is 11.4 Å². The number of rotatable bonds is 3. The summed E-state index contributed by atoms with van der Waals surface area (Å²) in [4.78, 5) is 15.7. The molecule has 1 aliphatic rings. The zero-order valence-electron chi connectivity index (χ0n) is 11.1. The summed E-state index contributed by atoms with van der Waals surface area (Å²) in [6.45, 7) is 2.25. The molecule has 4 nitrogen and oxygen atoms in total. The van der Waals surface area contributed by atoms with Crippen LogP contribution in [0.5, 0.6) is 0 Å². The van der Waals surface area contributed by atoms with E-state index in [9.17, 15) is 4.79 Å². The van der Waals surface area contributed by atoms with Crippen molar-refractivity contribution in [1.82, 2.24) is 4.90 Å². The minimum atomic E-state index is 0.0217. The smallest absolute Gasteiger partial charge is 0.238 e. The zero-order valence-corrected chi connectivity index (χ0v) is 12.0. The second kappa shape index (κ2) is 5.64. The molecule has 0 atom stereocenters. The van der Waals surface area contributed by atoms with Crippen molar-refractivity contribution >= 4 is 28.6 Å². The Bertz CT molecular complexity index is 606. The van der Waals surface area contributed by atoms with E-state index in [0.29, 0.717) is 12.2 Å². The third kappa shape index (κ3) is 3.00. The molecule has 2 aromatic rings. The third-order valence-electron chi connectivity index (χ3n) is 3.45. The van der Waals surface area contributed by atoms with Gasteiger partial charge in [0.05, 0.1) is 6.54 Å². The molecule has 3 N–H and O–H groups in total. The van der Waals surface area contributed by atoms with Gasteiger partial charge in [-0.25, -0.2) is 0 Å². The van der Waals surface area contributed by atoms with Crippen molar-refractivity contribution < 1.29 is 4.79 Å². The topological polar surface area (TPSA) is 58.4 Å². The molecule has 1 amide bonds. The number of hydrogen-bond acceptors (Lipinski definition) is 4. The minimum absolute atomic E-state index is 0.0217. The molecule has 0 saturated carbocycles. The molecule has 0 aliphatic carbocycles. The Hall–Kier alpha value is -1.85. The molecule has 104 valence electrons. The van der Waals surface area contributed by atoms with Gasteiger partial charge in [-0.1, -0.05) is 0 Å².